The van der Waals surface area contributed by atoms with E-state index in [0.717, 1.165) is 18.8 Å². The molecule has 1 aromatic heterocycles. The molecule has 116 valence electrons. The van der Waals surface area contributed by atoms with Crippen LogP contribution in [0.3, 0.4) is 0 Å². The van der Waals surface area contributed by atoms with Gasteiger partial charge in [0.05, 0.1) is 11.7 Å². The van der Waals surface area contributed by atoms with Crippen LogP contribution in [-0.2, 0) is 4.74 Å². The molecule has 6 heteroatoms. The van der Waals surface area contributed by atoms with Crippen molar-refractivity contribution in [2.45, 2.75) is 32.5 Å². The number of carbonyl (C=O) groups is 1. The van der Waals surface area contributed by atoms with Gasteiger partial charge in [-0.15, -0.1) is 0 Å². The van der Waals surface area contributed by atoms with Gasteiger partial charge in [0.25, 0.3) is 5.91 Å². The summed E-state index contributed by atoms with van der Waals surface area (Å²) < 4.78 is 5.93. The van der Waals surface area contributed by atoms with Gasteiger partial charge in [-0.05, 0) is 32.9 Å². The molecule has 1 aromatic rings. The number of hydrogen-bond donors (Lipinski definition) is 2. The number of pyridine rings is 1. The number of amides is 1. The lowest BCUT2D eigenvalue weighted by Gasteiger charge is -2.43. The summed E-state index contributed by atoms with van der Waals surface area (Å²) in [6.07, 6.45) is 1.66. The Morgan fingerprint density at radius 1 is 1.62 bits per heavy atom. The third-order valence-electron chi connectivity index (χ3n) is 3.42. The normalized spacial score (nSPS) is 21.1. The van der Waals surface area contributed by atoms with Gasteiger partial charge in [-0.2, -0.15) is 0 Å². The molecule has 1 unspecified atom stereocenters. The van der Waals surface area contributed by atoms with E-state index in [1.807, 2.05) is 32.9 Å². The number of nitrogens with zero attached hydrogens (tertiary/aromatic N) is 2. The van der Waals surface area contributed by atoms with E-state index < -0.39 is 0 Å². The first-order valence-electron chi connectivity index (χ1n) is 7.32. The molecule has 1 aliphatic heterocycles. The summed E-state index contributed by atoms with van der Waals surface area (Å²) in [6, 6.07) is 3.73. The summed E-state index contributed by atoms with van der Waals surface area (Å²) in [6.45, 7) is 8.53. The number of morpholine rings is 1. The first-order chi connectivity index (χ1) is 9.95. The van der Waals surface area contributed by atoms with E-state index in [1.165, 1.54) is 0 Å². The van der Waals surface area contributed by atoms with Crippen molar-refractivity contribution in [3.63, 3.8) is 0 Å². The molecule has 1 aliphatic rings. The summed E-state index contributed by atoms with van der Waals surface area (Å²) in [7, 11) is 0. The van der Waals surface area contributed by atoms with Crippen molar-refractivity contribution in [2.24, 2.45) is 5.73 Å². The monoisotopic (exact) mass is 292 g/mol. The molecular formula is C15H24N4O2. The zero-order valence-corrected chi connectivity index (χ0v) is 12.9. The second kappa shape index (κ2) is 6.41. The van der Waals surface area contributed by atoms with Gasteiger partial charge < -0.3 is 20.7 Å². The van der Waals surface area contributed by atoms with Gasteiger partial charge in [-0.1, -0.05) is 0 Å². The molecule has 0 aromatic carbocycles. The molecule has 0 radical (unpaired) electrons. The second-order valence-electron chi connectivity index (χ2n) is 5.87. The molecule has 0 spiro atoms. The lowest BCUT2D eigenvalue weighted by Crippen LogP contribution is -2.55. The highest BCUT2D eigenvalue weighted by Gasteiger charge is 2.33. The highest BCUT2D eigenvalue weighted by atomic mass is 16.5. The van der Waals surface area contributed by atoms with Crippen molar-refractivity contribution in [3.8, 4) is 0 Å². The van der Waals surface area contributed by atoms with E-state index in [-0.39, 0.29) is 17.6 Å². The zero-order valence-electron chi connectivity index (χ0n) is 12.9. The van der Waals surface area contributed by atoms with E-state index >= 15 is 0 Å². The van der Waals surface area contributed by atoms with Crippen LogP contribution in [0, 0.1) is 0 Å². The maximum atomic E-state index is 11.9. The average Bonchev–Trinajstić information content (AvgIpc) is 2.46. The van der Waals surface area contributed by atoms with Crippen molar-refractivity contribution >= 4 is 11.6 Å². The summed E-state index contributed by atoms with van der Waals surface area (Å²) in [4.78, 5) is 18.2. The van der Waals surface area contributed by atoms with E-state index in [0.29, 0.717) is 18.8 Å². The molecule has 1 atom stereocenters. The third-order valence-corrected chi connectivity index (χ3v) is 3.42. The number of nitrogens with two attached hydrogens (primary N) is 1. The Labute approximate surface area is 125 Å². The molecule has 2 heterocycles. The molecule has 1 saturated heterocycles. The van der Waals surface area contributed by atoms with E-state index in [9.17, 15) is 4.79 Å². The first-order valence-corrected chi connectivity index (χ1v) is 7.32. The van der Waals surface area contributed by atoms with Crippen molar-refractivity contribution < 1.29 is 9.53 Å². The van der Waals surface area contributed by atoms with Crippen LogP contribution in [0.2, 0.25) is 0 Å². The zero-order chi connectivity index (χ0) is 15.5. The first kappa shape index (κ1) is 15.7. The Morgan fingerprint density at radius 3 is 3.05 bits per heavy atom. The number of rotatable bonds is 4. The van der Waals surface area contributed by atoms with Crippen LogP contribution in [0.1, 0.15) is 31.3 Å². The Hall–Kier alpha value is -1.66. The van der Waals surface area contributed by atoms with Crippen molar-refractivity contribution in [2.75, 3.05) is 31.1 Å². The maximum Gasteiger partial charge on any atom is 0.269 e. The van der Waals surface area contributed by atoms with Crippen LogP contribution >= 0.6 is 0 Å². The topological polar surface area (TPSA) is 80.5 Å². The summed E-state index contributed by atoms with van der Waals surface area (Å²) >= 11 is 0. The van der Waals surface area contributed by atoms with Crippen LogP contribution in [0.25, 0.3) is 0 Å². The minimum atomic E-state index is -0.266. The predicted molar refractivity (Wildman–Crippen MR) is 82.5 cm³/mol. The van der Waals surface area contributed by atoms with Gasteiger partial charge in [0.2, 0.25) is 0 Å². The Bertz CT molecular complexity index is 504. The fourth-order valence-electron chi connectivity index (χ4n) is 2.61. The number of anilines is 1. The third kappa shape index (κ3) is 3.92. The largest absolute Gasteiger partial charge is 0.367 e. The highest BCUT2D eigenvalue weighted by molar-refractivity contribution is 5.93. The molecule has 21 heavy (non-hydrogen) atoms. The van der Waals surface area contributed by atoms with E-state index in [1.54, 1.807) is 6.20 Å². The van der Waals surface area contributed by atoms with Gasteiger partial charge >= 0.3 is 0 Å². The summed E-state index contributed by atoms with van der Waals surface area (Å²) in [5, 5.41) is 2.76. The standard InChI is InChI=1S/C15H24N4O2/c1-4-17-14(20)13-7-11(5-6-18-13)19-9-12(8-16)21-15(2,3)10-19/h5-7,12H,4,8-10,16H2,1-3H3,(H,17,20). The van der Waals surface area contributed by atoms with Gasteiger partial charge in [-0.25, -0.2) is 0 Å². The molecule has 0 saturated carbocycles. The minimum Gasteiger partial charge on any atom is -0.367 e. The van der Waals surface area contributed by atoms with Gasteiger partial charge in [0.1, 0.15) is 5.69 Å². The van der Waals surface area contributed by atoms with Gasteiger partial charge in [0.15, 0.2) is 0 Å². The van der Waals surface area contributed by atoms with Crippen molar-refractivity contribution in [3.05, 3.63) is 24.0 Å². The Kier molecular flexibility index (Phi) is 4.80. The quantitative estimate of drug-likeness (QED) is 0.857. The van der Waals surface area contributed by atoms with Gasteiger partial charge in [-0.3, -0.25) is 9.78 Å². The lowest BCUT2D eigenvalue weighted by atomic mass is 10.0. The molecule has 3 N–H and O–H groups in total. The summed E-state index contributed by atoms with van der Waals surface area (Å²) in [5.41, 5.74) is 6.89. The lowest BCUT2D eigenvalue weighted by molar-refractivity contribution is -0.0788. The molecule has 0 aliphatic carbocycles. The number of carbonyl (C=O) groups excluding carboxylic acids is 1. The number of ether oxygens (including phenoxy) is 1. The Morgan fingerprint density at radius 2 is 2.38 bits per heavy atom. The molecule has 6 nitrogen and oxygen atoms in total. The molecule has 1 fully saturated rings. The van der Waals surface area contributed by atoms with E-state index in [4.69, 9.17) is 10.5 Å². The number of nitrogens with one attached hydrogen (secondary N) is 1. The SMILES string of the molecule is CCNC(=O)c1cc(N2CC(CN)OC(C)(C)C2)ccn1. The van der Waals surface area contributed by atoms with Crippen molar-refractivity contribution in [1.82, 2.24) is 10.3 Å². The van der Waals surface area contributed by atoms with Crippen LogP contribution in [-0.4, -0.2) is 48.8 Å². The second-order valence-corrected chi connectivity index (χ2v) is 5.87. The fraction of sp³-hybridized carbons (Fsp3) is 0.600. The van der Waals surface area contributed by atoms with Crippen LogP contribution in [0.4, 0.5) is 5.69 Å². The van der Waals surface area contributed by atoms with Gasteiger partial charge in [0, 0.05) is 38.1 Å². The van der Waals surface area contributed by atoms with Crippen LogP contribution in [0.5, 0.6) is 0 Å². The molecule has 2 rings (SSSR count). The maximum absolute atomic E-state index is 11.9. The average molecular weight is 292 g/mol. The van der Waals surface area contributed by atoms with Crippen molar-refractivity contribution in [1.29, 1.82) is 0 Å². The fourth-order valence-corrected chi connectivity index (χ4v) is 2.61. The van der Waals surface area contributed by atoms with E-state index in [2.05, 4.69) is 15.2 Å². The minimum absolute atomic E-state index is 0.00478. The molecular weight excluding hydrogens is 268 g/mol. The molecule has 0 bridgehead atoms. The highest BCUT2D eigenvalue weighted by Crippen LogP contribution is 2.25. The van der Waals surface area contributed by atoms with Crippen LogP contribution in [0.15, 0.2) is 18.3 Å². The smallest absolute Gasteiger partial charge is 0.269 e. The molecule has 1 amide bonds. The Balaban J connectivity index is 2.20. The number of hydrogen-bond acceptors (Lipinski definition) is 5. The predicted octanol–water partition coefficient (Wildman–Crippen LogP) is 0.774. The number of aromatic nitrogens is 1. The van der Waals surface area contributed by atoms with Crippen LogP contribution < -0.4 is 16.0 Å². The summed E-state index contributed by atoms with van der Waals surface area (Å²) in [5.74, 6) is -0.151.